The van der Waals surface area contributed by atoms with Gasteiger partial charge in [0.2, 0.25) is 5.91 Å². The van der Waals surface area contributed by atoms with Crippen LogP contribution in [0.15, 0.2) is 6.20 Å². The third-order valence-corrected chi connectivity index (χ3v) is 6.43. The number of carbonyl (C=O) groups is 1. The smallest absolute Gasteiger partial charge is 0.248 e. The van der Waals surface area contributed by atoms with Crippen molar-refractivity contribution < 1.29 is 14.6 Å². The van der Waals surface area contributed by atoms with Crippen LogP contribution in [0.1, 0.15) is 58.2 Å². The minimum absolute atomic E-state index is 0.0302. The fourth-order valence-corrected chi connectivity index (χ4v) is 4.48. The molecule has 3 fully saturated rings. The number of aromatic nitrogens is 3. The van der Waals surface area contributed by atoms with Crippen molar-refractivity contribution >= 4 is 5.91 Å². The van der Waals surface area contributed by atoms with Crippen molar-refractivity contribution in [3.63, 3.8) is 0 Å². The lowest BCUT2D eigenvalue weighted by Gasteiger charge is -2.37. The molecule has 0 bridgehead atoms. The van der Waals surface area contributed by atoms with E-state index in [-0.39, 0.29) is 23.5 Å². The van der Waals surface area contributed by atoms with Crippen LogP contribution in [0.5, 0.6) is 0 Å². The van der Waals surface area contributed by atoms with Gasteiger partial charge in [-0.3, -0.25) is 4.79 Å². The molecule has 1 N–H and O–H groups in total. The first-order valence-electron chi connectivity index (χ1n) is 10.3. The molecule has 4 atom stereocenters. The van der Waals surface area contributed by atoms with Crippen LogP contribution in [-0.4, -0.2) is 63.3 Å². The van der Waals surface area contributed by atoms with Gasteiger partial charge in [-0.2, -0.15) is 0 Å². The Balaban J connectivity index is 1.52. The fourth-order valence-electron chi connectivity index (χ4n) is 4.48. The molecule has 2 heterocycles. The number of fused-ring (bicyclic) bond motifs is 1. The van der Waals surface area contributed by atoms with E-state index in [9.17, 15) is 9.90 Å². The summed E-state index contributed by atoms with van der Waals surface area (Å²) in [7, 11) is 0. The lowest BCUT2D eigenvalue weighted by molar-refractivity contribution is -0.133. The van der Waals surface area contributed by atoms with Gasteiger partial charge in [0.25, 0.3) is 0 Å². The molecule has 1 aromatic rings. The summed E-state index contributed by atoms with van der Waals surface area (Å²) in [5.74, 6) is 1.45. The number of nitrogens with zero attached hydrogens (tertiary/aromatic N) is 4. The van der Waals surface area contributed by atoms with Crippen LogP contribution in [0.25, 0.3) is 0 Å². The van der Waals surface area contributed by atoms with E-state index in [0.29, 0.717) is 11.8 Å². The third-order valence-electron chi connectivity index (χ3n) is 6.43. The van der Waals surface area contributed by atoms with Gasteiger partial charge < -0.3 is 14.7 Å². The molecule has 2 aliphatic carbocycles. The minimum Gasteiger partial charge on any atom is -0.387 e. The van der Waals surface area contributed by atoms with E-state index in [4.69, 9.17) is 4.74 Å². The van der Waals surface area contributed by atoms with E-state index in [1.54, 1.807) is 0 Å². The molecule has 1 saturated heterocycles. The van der Waals surface area contributed by atoms with Gasteiger partial charge >= 0.3 is 0 Å². The number of ether oxygens (including phenoxy) is 1. The molecule has 0 radical (unpaired) electrons. The van der Waals surface area contributed by atoms with Gasteiger partial charge in [0, 0.05) is 31.3 Å². The quantitative estimate of drug-likeness (QED) is 0.847. The zero-order valence-electron chi connectivity index (χ0n) is 16.7. The van der Waals surface area contributed by atoms with Gasteiger partial charge in [-0.25, -0.2) is 4.68 Å². The molecular weight excluding hydrogens is 344 g/mol. The number of rotatable bonds is 5. The highest BCUT2D eigenvalue weighted by atomic mass is 16.5. The Bertz CT molecular complexity index is 679. The first-order chi connectivity index (χ1) is 12.8. The monoisotopic (exact) mass is 376 g/mol. The Morgan fingerprint density at radius 2 is 1.96 bits per heavy atom. The van der Waals surface area contributed by atoms with Gasteiger partial charge in [0.05, 0.1) is 17.8 Å². The molecule has 0 aromatic carbocycles. The number of aliphatic hydroxyl groups is 1. The average molecular weight is 377 g/mol. The van der Waals surface area contributed by atoms with Crippen molar-refractivity contribution in [1.82, 2.24) is 19.9 Å². The maximum atomic E-state index is 11.9. The predicted molar refractivity (Wildman–Crippen MR) is 100 cm³/mol. The first kappa shape index (κ1) is 18.9. The number of hydrogen-bond donors (Lipinski definition) is 1. The van der Waals surface area contributed by atoms with Crippen LogP contribution >= 0.6 is 0 Å². The molecule has 7 nitrogen and oxygen atoms in total. The van der Waals surface area contributed by atoms with Gasteiger partial charge in [0.15, 0.2) is 0 Å². The molecule has 1 aromatic heterocycles. The summed E-state index contributed by atoms with van der Waals surface area (Å²) in [5, 5.41) is 18.1. The zero-order valence-corrected chi connectivity index (χ0v) is 16.7. The second kappa shape index (κ2) is 7.17. The normalized spacial score (nSPS) is 31.2. The Hall–Kier alpha value is -1.47. The number of hydrogen-bond acceptors (Lipinski definition) is 5. The lowest BCUT2D eigenvalue weighted by Crippen LogP contribution is -2.38. The summed E-state index contributed by atoms with van der Waals surface area (Å²) < 4.78 is 8.36. The summed E-state index contributed by atoms with van der Waals surface area (Å²) in [6.07, 6.45) is 6.64. The van der Waals surface area contributed by atoms with Crippen LogP contribution in [-0.2, 0) is 14.9 Å². The summed E-state index contributed by atoms with van der Waals surface area (Å²) in [4.78, 5) is 13.8. The average Bonchev–Trinajstić information content (AvgIpc) is 3.15. The standard InChI is InChI=1S/C20H32N4O3/c1-20(2,3)18-10-24(22-21-18)16-6-14-8-23(19(26)11-25)9-15(14)7-17(16)27-12-13-4-5-13/h10,13-17,25H,4-9,11-12H2,1-3H3/t14-,15+,16-,17-/m1/s1. The second-order valence-electron chi connectivity index (χ2n) is 9.66. The molecule has 4 rings (SSSR count). The van der Waals surface area contributed by atoms with E-state index < -0.39 is 6.61 Å². The van der Waals surface area contributed by atoms with E-state index in [2.05, 4.69) is 37.3 Å². The van der Waals surface area contributed by atoms with E-state index in [1.807, 2.05) is 9.58 Å². The lowest BCUT2D eigenvalue weighted by atomic mass is 9.77. The largest absolute Gasteiger partial charge is 0.387 e. The van der Waals surface area contributed by atoms with Crippen LogP contribution < -0.4 is 0 Å². The maximum absolute atomic E-state index is 11.9. The number of aliphatic hydroxyl groups excluding tert-OH is 1. The maximum Gasteiger partial charge on any atom is 0.248 e. The van der Waals surface area contributed by atoms with E-state index in [1.165, 1.54) is 12.8 Å². The van der Waals surface area contributed by atoms with Crippen molar-refractivity contribution in [2.75, 3.05) is 26.3 Å². The van der Waals surface area contributed by atoms with E-state index >= 15 is 0 Å². The van der Waals surface area contributed by atoms with Crippen molar-refractivity contribution in [3.05, 3.63) is 11.9 Å². The van der Waals surface area contributed by atoms with Crippen LogP contribution in [0.4, 0.5) is 0 Å². The molecule has 2 saturated carbocycles. The van der Waals surface area contributed by atoms with Crippen LogP contribution in [0, 0.1) is 17.8 Å². The highest BCUT2D eigenvalue weighted by Gasteiger charge is 2.45. The molecule has 1 aliphatic heterocycles. The van der Waals surface area contributed by atoms with Gasteiger partial charge in [-0.05, 0) is 43.4 Å². The summed E-state index contributed by atoms with van der Waals surface area (Å²) in [5.41, 5.74) is 0.964. The zero-order chi connectivity index (χ0) is 19.2. The van der Waals surface area contributed by atoms with Crippen molar-refractivity contribution in [2.24, 2.45) is 17.8 Å². The Kier molecular flexibility index (Phi) is 5.01. The minimum atomic E-state index is -0.400. The van der Waals surface area contributed by atoms with Gasteiger partial charge in [0.1, 0.15) is 6.61 Å². The molecule has 7 heteroatoms. The SMILES string of the molecule is CC(C)(C)c1cn([C@@H]2C[C@@H]3CN(C(=O)CO)C[C@@H]3C[C@H]2OCC2CC2)nn1. The molecule has 3 aliphatic rings. The number of carbonyl (C=O) groups excluding carboxylic acids is 1. The topological polar surface area (TPSA) is 80.5 Å². The predicted octanol–water partition coefficient (Wildman–Crippen LogP) is 1.77. The summed E-state index contributed by atoms with van der Waals surface area (Å²) in [6, 6.07) is 0.165. The molecule has 0 unspecified atom stereocenters. The highest BCUT2D eigenvalue weighted by molar-refractivity contribution is 5.77. The first-order valence-corrected chi connectivity index (χ1v) is 10.3. The van der Waals surface area contributed by atoms with E-state index in [0.717, 1.165) is 44.1 Å². The number of likely N-dealkylation sites (tertiary alicyclic amines) is 1. The second-order valence-corrected chi connectivity index (χ2v) is 9.66. The molecule has 0 spiro atoms. The molecular formula is C20H32N4O3. The highest BCUT2D eigenvalue weighted by Crippen LogP contribution is 2.43. The Morgan fingerprint density at radius 1 is 1.26 bits per heavy atom. The van der Waals surface area contributed by atoms with Crippen molar-refractivity contribution in [2.45, 2.75) is 64.0 Å². The van der Waals surface area contributed by atoms with Gasteiger partial charge in [-0.1, -0.05) is 26.0 Å². The summed E-state index contributed by atoms with van der Waals surface area (Å²) in [6.45, 7) is 8.35. The fraction of sp³-hybridized carbons (Fsp3) is 0.850. The summed E-state index contributed by atoms with van der Waals surface area (Å²) >= 11 is 0. The Labute approximate surface area is 161 Å². The molecule has 150 valence electrons. The van der Waals surface area contributed by atoms with Gasteiger partial charge in [-0.15, -0.1) is 5.10 Å². The van der Waals surface area contributed by atoms with Crippen molar-refractivity contribution in [3.8, 4) is 0 Å². The molecule has 27 heavy (non-hydrogen) atoms. The third kappa shape index (κ3) is 4.04. The molecule has 1 amide bonds. The van der Waals surface area contributed by atoms with Crippen LogP contribution in [0.3, 0.4) is 0 Å². The number of amides is 1. The van der Waals surface area contributed by atoms with Crippen molar-refractivity contribution in [1.29, 1.82) is 0 Å². The van der Waals surface area contributed by atoms with Crippen LogP contribution in [0.2, 0.25) is 0 Å². The Morgan fingerprint density at radius 3 is 2.56 bits per heavy atom.